The molecule has 0 radical (unpaired) electrons. The van der Waals surface area contributed by atoms with Gasteiger partial charge in [0.2, 0.25) is 0 Å². The maximum Gasteiger partial charge on any atom is 0.0789 e. The van der Waals surface area contributed by atoms with Crippen LogP contribution in [0.3, 0.4) is 0 Å². The molecule has 18 heavy (non-hydrogen) atoms. The molecule has 1 aromatic carbocycles. The number of hydrogen-bond acceptors (Lipinski definition) is 1. The molecule has 5 heteroatoms. The molecule has 2 aromatic heterocycles. The highest BCUT2D eigenvalue weighted by Crippen LogP contribution is 2.35. The summed E-state index contributed by atoms with van der Waals surface area (Å²) >= 11 is 9.60. The summed E-state index contributed by atoms with van der Waals surface area (Å²) in [6.45, 7) is 4.00. The quantitative estimate of drug-likeness (QED) is 0.649. The van der Waals surface area contributed by atoms with Crippen molar-refractivity contribution in [3.63, 3.8) is 0 Å². The lowest BCUT2D eigenvalue weighted by Gasteiger charge is -1.98. The third-order valence-corrected chi connectivity index (χ3v) is 3.84. The Balaban J connectivity index is 0.000000574. The minimum atomic E-state index is 0.701. The Morgan fingerprint density at radius 2 is 2.00 bits per heavy atom. The van der Waals surface area contributed by atoms with Crippen LogP contribution in [0.4, 0.5) is 0 Å². The van der Waals surface area contributed by atoms with Gasteiger partial charge in [-0.15, -0.1) is 0 Å². The van der Waals surface area contributed by atoms with Crippen LogP contribution in [0.1, 0.15) is 13.8 Å². The highest BCUT2D eigenvalue weighted by atomic mass is 79.9. The molecule has 0 amide bonds. The van der Waals surface area contributed by atoms with Crippen molar-refractivity contribution in [2.45, 2.75) is 13.8 Å². The molecule has 3 nitrogen and oxygen atoms in total. The molecule has 3 rings (SSSR count). The molecule has 0 atom stereocenters. The summed E-state index contributed by atoms with van der Waals surface area (Å²) in [6.07, 6.45) is 5.59. The van der Waals surface area contributed by atoms with Gasteiger partial charge >= 0.3 is 0 Å². The maximum absolute atomic E-state index is 6.20. The third-order valence-electron chi connectivity index (χ3n) is 2.56. The van der Waals surface area contributed by atoms with E-state index in [-0.39, 0.29) is 0 Å². The van der Waals surface area contributed by atoms with Crippen molar-refractivity contribution in [1.29, 1.82) is 0 Å². The van der Waals surface area contributed by atoms with Crippen LogP contribution in [0.5, 0.6) is 0 Å². The lowest BCUT2D eigenvalue weighted by atomic mass is 10.1. The number of benzene rings is 1. The molecule has 0 bridgehead atoms. The van der Waals surface area contributed by atoms with Gasteiger partial charge in [-0.1, -0.05) is 31.5 Å². The lowest BCUT2D eigenvalue weighted by Crippen LogP contribution is -1.74. The Morgan fingerprint density at radius 1 is 1.22 bits per heavy atom. The maximum atomic E-state index is 6.20. The number of aromatic amines is 2. The van der Waals surface area contributed by atoms with E-state index in [4.69, 9.17) is 11.6 Å². The molecular weight excluding hydrogens is 314 g/mol. The van der Waals surface area contributed by atoms with E-state index in [2.05, 4.69) is 31.1 Å². The van der Waals surface area contributed by atoms with Crippen LogP contribution < -0.4 is 0 Å². The molecule has 94 valence electrons. The van der Waals surface area contributed by atoms with Crippen LogP contribution in [0, 0.1) is 0 Å². The average Bonchev–Trinajstić information content (AvgIpc) is 3.04. The van der Waals surface area contributed by atoms with Gasteiger partial charge in [0.15, 0.2) is 0 Å². The Morgan fingerprint density at radius 3 is 2.67 bits per heavy atom. The number of nitrogens with zero attached hydrogens (tertiary/aromatic N) is 1. The molecule has 0 saturated heterocycles. The number of rotatable bonds is 1. The van der Waals surface area contributed by atoms with E-state index in [1.165, 1.54) is 0 Å². The van der Waals surface area contributed by atoms with E-state index >= 15 is 0 Å². The lowest BCUT2D eigenvalue weighted by molar-refractivity contribution is 1.09. The number of nitrogens with one attached hydrogen (secondary N) is 2. The van der Waals surface area contributed by atoms with Gasteiger partial charge in [0, 0.05) is 33.4 Å². The molecule has 3 aromatic rings. The zero-order chi connectivity index (χ0) is 13.1. The molecule has 0 aliphatic rings. The van der Waals surface area contributed by atoms with Crippen LogP contribution in [0.25, 0.3) is 22.0 Å². The number of fused-ring (bicyclic) bond motifs is 1. The highest BCUT2D eigenvalue weighted by molar-refractivity contribution is 9.10. The topological polar surface area (TPSA) is 44.5 Å². The Hall–Kier alpha value is -1.26. The van der Waals surface area contributed by atoms with Gasteiger partial charge in [0.1, 0.15) is 0 Å². The standard InChI is InChI=1S/C11H7BrClN3.C2H6/c12-9-2-1-7-8(6-3-15-16-4-6)5-14-11(7)10(9)13;1-2/h1-5,14H,(H,15,16);1-2H3. The summed E-state index contributed by atoms with van der Waals surface area (Å²) in [7, 11) is 0. The molecule has 0 saturated carbocycles. The van der Waals surface area contributed by atoms with Gasteiger partial charge in [0.25, 0.3) is 0 Å². The summed E-state index contributed by atoms with van der Waals surface area (Å²) in [4.78, 5) is 3.18. The first kappa shape index (κ1) is 13.2. The number of aromatic nitrogens is 3. The summed E-state index contributed by atoms with van der Waals surface area (Å²) < 4.78 is 0.891. The van der Waals surface area contributed by atoms with Crippen LogP contribution in [-0.2, 0) is 0 Å². The first-order chi connectivity index (χ1) is 8.77. The minimum Gasteiger partial charge on any atom is -0.359 e. The Kier molecular flexibility index (Phi) is 4.09. The van der Waals surface area contributed by atoms with Crippen LogP contribution in [0.15, 0.2) is 35.2 Å². The van der Waals surface area contributed by atoms with Crippen molar-refractivity contribution >= 4 is 38.4 Å². The van der Waals surface area contributed by atoms with Crippen LogP contribution in [0.2, 0.25) is 5.02 Å². The van der Waals surface area contributed by atoms with E-state index in [1.54, 1.807) is 6.20 Å². The number of hydrogen-bond donors (Lipinski definition) is 2. The second-order valence-corrected chi connectivity index (χ2v) is 4.71. The van der Waals surface area contributed by atoms with Crippen LogP contribution >= 0.6 is 27.5 Å². The SMILES string of the molecule is CC.Clc1c(Br)ccc2c(-c3cn[nH]c3)c[nH]c12. The summed E-state index contributed by atoms with van der Waals surface area (Å²) in [6, 6.07) is 3.98. The molecule has 0 fully saturated rings. The summed E-state index contributed by atoms with van der Waals surface area (Å²) in [5, 5.41) is 8.54. The first-order valence-electron chi connectivity index (χ1n) is 5.71. The first-order valence-corrected chi connectivity index (χ1v) is 6.88. The fraction of sp³-hybridized carbons (Fsp3) is 0.154. The van der Waals surface area contributed by atoms with E-state index < -0.39 is 0 Å². The number of halogens is 2. The molecule has 0 unspecified atom stereocenters. The minimum absolute atomic E-state index is 0.701. The van der Waals surface area contributed by atoms with E-state index in [1.807, 2.05) is 38.4 Å². The van der Waals surface area contributed by atoms with Crippen LogP contribution in [-0.4, -0.2) is 15.2 Å². The van der Waals surface area contributed by atoms with Crippen molar-refractivity contribution in [2.24, 2.45) is 0 Å². The number of H-pyrrole nitrogens is 2. The second kappa shape index (κ2) is 5.59. The average molecular weight is 327 g/mol. The van der Waals surface area contributed by atoms with Gasteiger partial charge in [-0.05, 0) is 22.0 Å². The predicted molar refractivity (Wildman–Crippen MR) is 79.9 cm³/mol. The van der Waals surface area contributed by atoms with Gasteiger partial charge in [-0.3, -0.25) is 5.10 Å². The van der Waals surface area contributed by atoms with E-state index in [0.29, 0.717) is 5.02 Å². The third kappa shape index (κ3) is 2.18. The van der Waals surface area contributed by atoms with Crippen molar-refractivity contribution < 1.29 is 0 Å². The van der Waals surface area contributed by atoms with Crippen molar-refractivity contribution in [3.05, 3.63) is 40.2 Å². The largest absolute Gasteiger partial charge is 0.359 e. The van der Waals surface area contributed by atoms with Gasteiger partial charge < -0.3 is 4.98 Å². The monoisotopic (exact) mass is 325 g/mol. The van der Waals surface area contributed by atoms with E-state index in [0.717, 1.165) is 26.5 Å². The smallest absolute Gasteiger partial charge is 0.0789 e. The normalized spacial score (nSPS) is 10.2. The Bertz CT molecular complexity index is 644. The van der Waals surface area contributed by atoms with Gasteiger partial charge in [0.05, 0.1) is 16.7 Å². The van der Waals surface area contributed by atoms with Crippen molar-refractivity contribution in [2.75, 3.05) is 0 Å². The van der Waals surface area contributed by atoms with Crippen molar-refractivity contribution in [1.82, 2.24) is 15.2 Å². The fourth-order valence-electron chi connectivity index (χ4n) is 1.78. The molecule has 2 N–H and O–H groups in total. The van der Waals surface area contributed by atoms with Gasteiger partial charge in [-0.2, -0.15) is 5.10 Å². The van der Waals surface area contributed by atoms with Gasteiger partial charge in [-0.25, -0.2) is 0 Å². The zero-order valence-corrected chi connectivity index (χ0v) is 12.4. The second-order valence-electron chi connectivity index (χ2n) is 3.47. The molecular formula is C13H13BrClN3. The molecule has 2 heterocycles. The Labute approximate surface area is 119 Å². The summed E-state index contributed by atoms with van der Waals surface area (Å²) in [5.74, 6) is 0. The molecule has 0 aliphatic carbocycles. The molecule has 0 aliphatic heterocycles. The summed E-state index contributed by atoms with van der Waals surface area (Å²) in [5.41, 5.74) is 3.08. The zero-order valence-electron chi connectivity index (χ0n) is 10.1. The van der Waals surface area contributed by atoms with Crippen molar-refractivity contribution in [3.8, 4) is 11.1 Å². The fourth-order valence-corrected chi connectivity index (χ4v) is 2.33. The highest BCUT2D eigenvalue weighted by Gasteiger charge is 2.10. The van der Waals surface area contributed by atoms with E-state index in [9.17, 15) is 0 Å². The predicted octanol–water partition coefficient (Wildman–Crippen LogP) is 5.00. The molecule has 0 spiro atoms.